The lowest BCUT2D eigenvalue weighted by Crippen LogP contribution is -2.17. The lowest BCUT2D eigenvalue weighted by Gasteiger charge is -2.11. The summed E-state index contributed by atoms with van der Waals surface area (Å²) in [5, 5.41) is 2.53. The second-order valence-corrected chi connectivity index (χ2v) is 7.56. The van der Waals surface area contributed by atoms with Crippen LogP contribution in [0.3, 0.4) is 0 Å². The van der Waals surface area contributed by atoms with Crippen molar-refractivity contribution >= 4 is 33.2 Å². The number of nitrogens with one attached hydrogen (secondary N) is 2. The van der Waals surface area contributed by atoms with Crippen LogP contribution in [0.15, 0.2) is 66.0 Å². The Bertz CT molecular complexity index is 1090. The molecule has 2 heterocycles. The number of benzene rings is 1. The van der Waals surface area contributed by atoms with Crippen molar-refractivity contribution in [3.63, 3.8) is 0 Å². The van der Waals surface area contributed by atoms with Gasteiger partial charge in [0.25, 0.3) is 15.9 Å². The fourth-order valence-electron chi connectivity index (χ4n) is 2.35. The molecule has 0 aliphatic rings. The lowest BCUT2D eigenvalue weighted by molar-refractivity contribution is 0.0962. The molecule has 0 spiro atoms. The Morgan fingerprint density at radius 3 is 2.44 bits per heavy atom. The minimum absolute atomic E-state index is 0.00803. The zero-order valence-corrected chi connectivity index (χ0v) is 15.8. The summed E-state index contributed by atoms with van der Waals surface area (Å²) in [7, 11) is -2.29. The summed E-state index contributed by atoms with van der Waals surface area (Å²) in [6.07, 6.45) is 4.46. The maximum absolute atomic E-state index is 12.5. The fraction of sp³-hybridized carbons (Fsp3) is 0.0556. The van der Waals surface area contributed by atoms with E-state index in [1.165, 1.54) is 31.6 Å². The quantitative estimate of drug-likeness (QED) is 0.639. The number of carbonyl (C=O) groups is 1. The minimum Gasteiger partial charge on any atom is -0.355 e. The van der Waals surface area contributed by atoms with Crippen molar-refractivity contribution in [2.75, 3.05) is 11.8 Å². The van der Waals surface area contributed by atoms with E-state index < -0.39 is 10.0 Å². The molecule has 9 heteroatoms. The van der Waals surface area contributed by atoms with Crippen molar-refractivity contribution < 1.29 is 13.2 Å². The van der Waals surface area contributed by atoms with Crippen LogP contribution in [-0.2, 0) is 10.0 Å². The van der Waals surface area contributed by atoms with E-state index in [4.69, 9.17) is 11.6 Å². The SMILES string of the molecule is CNC(=O)c1cncc(-c2cnc(Cl)c(NS(=O)(=O)c3ccccc3)c2)c1. The number of hydrogen-bond acceptors (Lipinski definition) is 5. The highest BCUT2D eigenvalue weighted by Gasteiger charge is 2.17. The Labute approximate surface area is 161 Å². The second kappa shape index (κ2) is 7.73. The van der Waals surface area contributed by atoms with Crippen LogP contribution < -0.4 is 10.0 Å². The normalized spacial score (nSPS) is 11.0. The molecule has 0 atom stereocenters. The Morgan fingerprint density at radius 1 is 1.04 bits per heavy atom. The van der Waals surface area contributed by atoms with Crippen LogP contribution in [-0.4, -0.2) is 31.3 Å². The molecular weight excluding hydrogens is 388 g/mol. The Kier molecular flexibility index (Phi) is 5.38. The summed E-state index contributed by atoms with van der Waals surface area (Å²) in [6.45, 7) is 0. The van der Waals surface area contributed by atoms with Gasteiger partial charge in [0.1, 0.15) is 0 Å². The standard InChI is InChI=1S/C18H15ClN4O3S/c1-20-18(24)14-7-12(9-21-10-14)13-8-16(17(19)22-11-13)23-27(25,26)15-5-3-2-4-6-15/h2-11,23H,1H3,(H,20,24). The highest BCUT2D eigenvalue weighted by atomic mass is 35.5. The van der Waals surface area contributed by atoms with Crippen LogP contribution >= 0.6 is 11.6 Å². The van der Waals surface area contributed by atoms with Crippen LogP contribution in [0, 0.1) is 0 Å². The molecule has 0 unspecified atom stereocenters. The van der Waals surface area contributed by atoms with E-state index >= 15 is 0 Å². The number of amides is 1. The van der Waals surface area contributed by atoms with Gasteiger partial charge in [-0.15, -0.1) is 0 Å². The number of sulfonamides is 1. The third-order valence-electron chi connectivity index (χ3n) is 3.70. The molecule has 2 aromatic heterocycles. The molecule has 0 fully saturated rings. The van der Waals surface area contributed by atoms with Gasteiger partial charge in [-0.3, -0.25) is 14.5 Å². The summed E-state index contributed by atoms with van der Waals surface area (Å²) in [4.78, 5) is 20.0. The molecule has 0 bridgehead atoms. The number of anilines is 1. The molecule has 2 N–H and O–H groups in total. The topological polar surface area (TPSA) is 101 Å². The smallest absolute Gasteiger partial charge is 0.261 e. The van der Waals surface area contributed by atoms with Gasteiger partial charge in [-0.2, -0.15) is 0 Å². The van der Waals surface area contributed by atoms with Crippen LogP contribution in [0.4, 0.5) is 5.69 Å². The molecule has 0 aliphatic heterocycles. The van der Waals surface area contributed by atoms with Crippen molar-refractivity contribution in [3.05, 3.63) is 71.8 Å². The fourth-order valence-corrected chi connectivity index (χ4v) is 3.63. The van der Waals surface area contributed by atoms with Crippen LogP contribution in [0.5, 0.6) is 0 Å². The number of aromatic nitrogens is 2. The maximum atomic E-state index is 12.5. The molecule has 7 nitrogen and oxygen atoms in total. The largest absolute Gasteiger partial charge is 0.355 e. The number of pyridine rings is 2. The number of halogens is 1. The van der Waals surface area contributed by atoms with Crippen molar-refractivity contribution in [1.82, 2.24) is 15.3 Å². The van der Waals surface area contributed by atoms with E-state index in [1.54, 1.807) is 36.5 Å². The van der Waals surface area contributed by atoms with Crippen LogP contribution in [0.1, 0.15) is 10.4 Å². The summed E-state index contributed by atoms with van der Waals surface area (Å²) in [5.74, 6) is -0.281. The van der Waals surface area contributed by atoms with E-state index in [9.17, 15) is 13.2 Å². The first-order valence-corrected chi connectivity index (χ1v) is 9.68. The molecule has 3 rings (SSSR count). The number of rotatable bonds is 5. The lowest BCUT2D eigenvalue weighted by atomic mass is 10.1. The van der Waals surface area contributed by atoms with Crippen LogP contribution in [0.2, 0.25) is 5.15 Å². The highest BCUT2D eigenvalue weighted by Crippen LogP contribution is 2.28. The predicted molar refractivity (Wildman–Crippen MR) is 103 cm³/mol. The van der Waals surface area contributed by atoms with Gasteiger partial charge in [-0.25, -0.2) is 13.4 Å². The molecule has 3 aromatic rings. The van der Waals surface area contributed by atoms with Gasteiger partial charge in [-0.05, 0) is 24.3 Å². The average Bonchev–Trinajstić information content (AvgIpc) is 2.69. The minimum atomic E-state index is -3.81. The van der Waals surface area contributed by atoms with Crippen molar-refractivity contribution in [1.29, 1.82) is 0 Å². The zero-order valence-electron chi connectivity index (χ0n) is 14.2. The first-order chi connectivity index (χ1) is 12.9. The zero-order chi connectivity index (χ0) is 19.4. The van der Waals surface area contributed by atoms with Gasteiger partial charge in [-0.1, -0.05) is 29.8 Å². The van der Waals surface area contributed by atoms with E-state index in [0.717, 1.165) is 0 Å². The molecule has 27 heavy (non-hydrogen) atoms. The summed E-state index contributed by atoms with van der Waals surface area (Å²) in [5.41, 5.74) is 1.66. The second-order valence-electron chi connectivity index (χ2n) is 5.52. The predicted octanol–water partition coefficient (Wildman–Crippen LogP) is 2.96. The number of nitrogens with zero attached hydrogens (tertiary/aromatic N) is 2. The van der Waals surface area contributed by atoms with Gasteiger partial charge < -0.3 is 5.32 Å². The Hall–Kier alpha value is -2.97. The van der Waals surface area contributed by atoms with Crippen LogP contribution in [0.25, 0.3) is 11.1 Å². The Morgan fingerprint density at radius 2 is 1.74 bits per heavy atom. The summed E-state index contributed by atoms with van der Waals surface area (Å²) >= 11 is 6.06. The van der Waals surface area contributed by atoms with Crippen molar-refractivity contribution in [3.8, 4) is 11.1 Å². The van der Waals surface area contributed by atoms with E-state index in [1.807, 2.05) is 0 Å². The van der Waals surface area contributed by atoms with E-state index in [0.29, 0.717) is 16.7 Å². The van der Waals surface area contributed by atoms with Crippen molar-refractivity contribution in [2.45, 2.75) is 4.90 Å². The van der Waals surface area contributed by atoms with E-state index in [2.05, 4.69) is 20.0 Å². The molecule has 138 valence electrons. The molecular formula is C18H15ClN4O3S. The van der Waals surface area contributed by atoms with E-state index in [-0.39, 0.29) is 21.6 Å². The number of carbonyl (C=O) groups excluding carboxylic acids is 1. The summed E-state index contributed by atoms with van der Waals surface area (Å²) < 4.78 is 27.5. The van der Waals surface area contributed by atoms with Gasteiger partial charge >= 0.3 is 0 Å². The molecule has 0 aliphatic carbocycles. The monoisotopic (exact) mass is 402 g/mol. The van der Waals surface area contributed by atoms with Gasteiger partial charge in [0.05, 0.1) is 16.1 Å². The van der Waals surface area contributed by atoms with Gasteiger partial charge in [0.2, 0.25) is 0 Å². The summed E-state index contributed by atoms with van der Waals surface area (Å²) in [6, 6.07) is 11.1. The third kappa shape index (κ3) is 4.24. The number of hydrogen-bond donors (Lipinski definition) is 2. The highest BCUT2D eigenvalue weighted by molar-refractivity contribution is 7.92. The third-order valence-corrected chi connectivity index (χ3v) is 5.38. The molecule has 0 radical (unpaired) electrons. The first kappa shape index (κ1) is 18.8. The molecule has 0 saturated heterocycles. The van der Waals surface area contributed by atoms with Gasteiger partial charge in [0, 0.05) is 36.8 Å². The molecule has 0 saturated carbocycles. The Balaban J connectivity index is 1.97. The maximum Gasteiger partial charge on any atom is 0.261 e. The van der Waals surface area contributed by atoms with Gasteiger partial charge in [0.15, 0.2) is 5.15 Å². The van der Waals surface area contributed by atoms with Crippen molar-refractivity contribution in [2.24, 2.45) is 0 Å². The molecule has 1 amide bonds. The average molecular weight is 403 g/mol. The molecule has 1 aromatic carbocycles. The first-order valence-electron chi connectivity index (χ1n) is 7.81.